The summed E-state index contributed by atoms with van der Waals surface area (Å²) in [4.78, 5) is 7.83. The molecule has 0 aliphatic heterocycles. The van der Waals surface area contributed by atoms with E-state index in [4.69, 9.17) is 10.5 Å². The Morgan fingerprint density at radius 1 is 1.15 bits per heavy atom. The smallest absolute Gasteiger partial charge is 0.128 e. The van der Waals surface area contributed by atoms with E-state index in [1.54, 1.807) is 7.11 Å². The number of nitrogens with two attached hydrogens (primary N) is 1. The fourth-order valence-corrected chi connectivity index (χ4v) is 2.28. The van der Waals surface area contributed by atoms with Crippen LogP contribution in [0, 0.1) is 0 Å². The van der Waals surface area contributed by atoms with Crippen LogP contribution in [0.5, 0.6) is 5.75 Å². The molecule has 0 unspecified atom stereocenters. The molecule has 0 saturated heterocycles. The van der Waals surface area contributed by atoms with Gasteiger partial charge in [0.05, 0.1) is 19.0 Å². The third-order valence-electron chi connectivity index (χ3n) is 3.39. The van der Waals surface area contributed by atoms with Gasteiger partial charge in [0.1, 0.15) is 11.6 Å². The van der Waals surface area contributed by atoms with Crippen molar-refractivity contribution in [1.82, 2.24) is 9.97 Å². The van der Waals surface area contributed by atoms with Gasteiger partial charge in [0, 0.05) is 12.0 Å². The molecular weight excluding hydrogens is 250 g/mol. The molecule has 0 fully saturated rings. The van der Waals surface area contributed by atoms with Gasteiger partial charge in [-0.2, -0.15) is 0 Å². The van der Waals surface area contributed by atoms with Crippen molar-refractivity contribution in [2.45, 2.75) is 32.1 Å². The molecule has 3 N–H and O–H groups in total. The van der Waals surface area contributed by atoms with Crippen molar-refractivity contribution in [1.29, 1.82) is 0 Å². The van der Waals surface area contributed by atoms with E-state index in [0.29, 0.717) is 0 Å². The lowest BCUT2D eigenvalue weighted by molar-refractivity contribution is 0.416. The maximum atomic E-state index is 5.49. The number of unbranched alkanes of at least 4 members (excludes halogenated alkanes) is 3. The number of imidazole rings is 1. The zero-order chi connectivity index (χ0) is 14.2. The summed E-state index contributed by atoms with van der Waals surface area (Å²) in [5, 5.41) is 0. The lowest BCUT2D eigenvalue weighted by Gasteiger charge is -2.05. The summed E-state index contributed by atoms with van der Waals surface area (Å²) in [5.41, 5.74) is 7.55. The summed E-state index contributed by atoms with van der Waals surface area (Å²) in [6.07, 6.45) is 7.55. The average Bonchev–Trinajstić information content (AvgIpc) is 2.95. The van der Waals surface area contributed by atoms with E-state index in [1.807, 2.05) is 30.5 Å². The molecule has 0 saturated carbocycles. The van der Waals surface area contributed by atoms with Gasteiger partial charge in [0.25, 0.3) is 0 Å². The van der Waals surface area contributed by atoms with Gasteiger partial charge in [0.15, 0.2) is 0 Å². The maximum absolute atomic E-state index is 5.49. The summed E-state index contributed by atoms with van der Waals surface area (Å²) in [6, 6.07) is 7.97. The van der Waals surface area contributed by atoms with Crippen molar-refractivity contribution in [3.05, 3.63) is 36.3 Å². The number of rotatable bonds is 8. The summed E-state index contributed by atoms with van der Waals surface area (Å²) in [6.45, 7) is 0.790. The quantitative estimate of drug-likeness (QED) is 0.726. The first kappa shape index (κ1) is 14.6. The Morgan fingerprint density at radius 2 is 1.95 bits per heavy atom. The van der Waals surface area contributed by atoms with E-state index < -0.39 is 0 Å². The number of hydrogen-bond acceptors (Lipinski definition) is 3. The summed E-state index contributed by atoms with van der Waals surface area (Å²) >= 11 is 0. The Balaban J connectivity index is 1.95. The molecule has 0 radical (unpaired) electrons. The van der Waals surface area contributed by atoms with Crippen molar-refractivity contribution in [3.8, 4) is 17.0 Å². The minimum absolute atomic E-state index is 0.790. The highest BCUT2D eigenvalue weighted by Gasteiger charge is 2.07. The third-order valence-corrected chi connectivity index (χ3v) is 3.39. The number of nitrogens with zero attached hydrogens (tertiary/aromatic N) is 1. The molecule has 20 heavy (non-hydrogen) atoms. The second-order valence-electron chi connectivity index (χ2n) is 4.90. The van der Waals surface area contributed by atoms with Gasteiger partial charge in [-0.25, -0.2) is 4.98 Å². The predicted octanol–water partition coefficient (Wildman–Crippen LogP) is 3.15. The van der Waals surface area contributed by atoms with Crippen LogP contribution in [0.2, 0.25) is 0 Å². The van der Waals surface area contributed by atoms with Crippen molar-refractivity contribution >= 4 is 0 Å². The Bertz CT molecular complexity index is 522. The normalized spacial score (nSPS) is 10.7. The predicted molar refractivity (Wildman–Crippen MR) is 81.8 cm³/mol. The minimum atomic E-state index is 0.790. The van der Waals surface area contributed by atoms with Gasteiger partial charge < -0.3 is 15.5 Å². The molecule has 0 atom stereocenters. The first-order chi connectivity index (χ1) is 9.85. The van der Waals surface area contributed by atoms with Crippen LogP contribution in [0.25, 0.3) is 11.3 Å². The van der Waals surface area contributed by atoms with Gasteiger partial charge in [-0.05, 0) is 31.5 Å². The molecule has 2 rings (SSSR count). The van der Waals surface area contributed by atoms with E-state index in [2.05, 4.69) is 9.97 Å². The van der Waals surface area contributed by atoms with Crippen molar-refractivity contribution < 1.29 is 4.74 Å². The minimum Gasteiger partial charge on any atom is -0.496 e. The molecule has 1 aromatic carbocycles. The standard InChI is InChI=1S/C16H23N3O/c1-20-15-9-6-5-8-13(15)14-12-18-16(19-14)10-4-2-3-7-11-17/h5-6,8-9,12H,2-4,7,10-11,17H2,1H3,(H,18,19). The number of benzene rings is 1. The second kappa shape index (κ2) is 7.70. The van der Waals surface area contributed by atoms with Crippen LogP contribution in [0.4, 0.5) is 0 Å². The van der Waals surface area contributed by atoms with E-state index in [9.17, 15) is 0 Å². The molecule has 108 valence electrons. The number of aromatic amines is 1. The number of para-hydroxylation sites is 1. The Morgan fingerprint density at radius 3 is 2.75 bits per heavy atom. The van der Waals surface area contributed by atoms with E-state index in [0.717, 1.165) is 48.6 Å². The van der Waals surface area contributed by atoms with Gasteiger partial charge >= 0.3 is 0 Å². The number of methoxy groups -OCH3 is 1. The number of nitrogens with one attached hydrogen (secondary N) is 1. The van der Waals surface area contributed by atoms with E-state index in [-0.39, 0.29) is 0 Å². The molecule has 0 aliphatic rings. The molecule has 0 aliphatic carbocycles. The lowest BCUT2D eigenvalue weighted by Crippen LogP contribution is -1.98. The molecule has 0 amide bonds. The highest BCUT2D eigenvalue weighted by molar-refractivity contribution is 5.66. The molecule has 0 spiro atoms. The van der Waals surface area contributed by atoms with Crippen LogP contribution in [0.1, 0.15) is 31.5 Å². The Labute approximate surface area is 120 Å². The van der Waals surface area contributed by atoms with Crippen molar-refractivity contribution in [2.75, 3.05) is 13.7 Å². The molecule has 4 heteroatoms. The fraction of sp³-hybridized carbons (Fsp3) is 0.438. The summed E-state index contributed by atoms with van der Waals surface area (Å²) in [5.74, 6) is 1.91. The Hall–Kier alpha value is -1.81. The first-order valence-electron chi connectivity index (χ1n) is 7.22. The van der Waals surface area contributed by atoms with Crippen molar-refractivity contribution in [3.63, 3.8) is 0 Å². The van der Waals surface area contributed by atoms with E-state index in [1.165, 1.54) is 12.8 Å². The average molecular weight is 273 g/mol. The summed E-state index contributed by atoms with van der Waals surface area (Å²) in [7, 11) is 1.69. The maximum Gasteiger partial charge on any atom is 0.128 e. The highest BCUT2D eigenvalue weighted by atomic mass is 16.5. The number of aromatic nitrogens is 2. The number of aryl methyl sites for hydroxylation is 1. The molecule has 0 bridgehead atoms. The molecule has 2 aromatic rings. The van der Waals surface area contributed by atoms with Gasteiger partial charge in [-0.15, -0.1) is 0 Å². The molecule has 4 nitrogen and oxygen atoms in total. The summed E-state index contributed by atoms with van der Waals surface area (Å²) < 4.78 is 5.37. The van der Waals surface area contributed by atoms with Crippen LogP contribution < -0.4 is 10.5 Å². The number of ether oxygens (including phenoxy) is 1. The van der Waals surface area contributed by atoms with Crippen LogP contribution in [-0.2, 0) is 6.42 Å². The van der Waals surface area contributed by atoms with Gasteiger partial charge in [-0.3, -0.25) is 0 Å². The molecule has 1 heterocycles. The second-order valence-corrected chi connectivity index (χ2v) is 4.90. The largest absolute Gasteiger partial charge is 0.496 e. The zero-order valence-corrected chi connectivity index (χ0v) is 12.1. The zero-order valence-electron chi connectivity index (χ0n) is 12.1. The monoisotopic (exact) mass is 273 g/mol. The topological polar surface area (TPSA) is 63.9 Å². The third kappa shape index (κ3) is 3.84. The fourth-order valence-electron chi connectivity index (χ4n) is 2.28. The van der Waals surface area contributed by atoms with Crippen LogP contribution >= 0.6 is 0 Å². The highest BCUT2D eigenvalue weighted by Crippen LogP contribution is 2.28. The van der Waals surface area contributed by atoms with Gasteiger partial charge in [-0.1, -0.05) is 25.0 Å². The number of H-pyrrole nitrogens is 1. The Kier molecular flexibility index (Phi) is 5.62. The first-order valence-corrected chi connectivity index (χ1v) is 7.22. The molecular formula is C16H23N3O. The van der Waals surface area contributed by atoms with Crippen molar-refractivity contribution in [2.24, 2.45) is 5.73 Å². The van der Waals surface area contributed by atoms with Crippen LogP contribution in [-0.4, -0.2) is 23.6 Å². The number of hydrogen-bond donors (Lipinski definition) is 2. The van der Waals surface area contributed by atoms with E-state index >= 15 is 0 Å². The molecule has 1 aromatic heterocycles. The van der Waals surface area contributed by atoms with Gasteiger partial charge in [0.2, 0.25) is 0 Å². The SMILES string of the molecule is COc1ccccc1-c1cnc(CCCCCCN)[nH]1. The lowest BCUT2D eigenvalue weighted by atomic mass is 10.1. The van der Waals surface area contributed by atoms with Crippen LogP contribution in [0.3, 0.4) is 0 Å². The van der Waals surface area contributed by atoms with Crippen LogP contribution in [0.15, 0.2) is 30.5 Å².